The van der Waals surface area contributed by atoms with E-state index in [0.29, 0.717) is 0 Å². The van der Waals surface area contributed by atoms with Crippen LogP contribution in [0.4, 0.5) is 0 Å². The van der Waals surface area contributed by atoms with E-state index in [1.165, 1.54) is 4.90 Å². The second-order valence-corrected chi connectivity index (χ2v) is 5.36. The van der Waals surface area contributed by atoms with E-state index in [0.717, 1.165) is 23.7 Å². The fourth-order valence-corrected chi connectivity index (χ4v) is 2.31. The minimum Gasteiger partial charge on any atom is -0.456 e. The van der Waals surface area contributed by atoms with Crippen molar-refractivity contribution in [2.75, 3.05) is 12.8 Å². The van der Waals surface area contributed by atoms with E-state index in [1.807, 2.05) is 24.3 Å². The van der Waals surface area contributed by atoms with Crippen LogP contribution in [0.25, 0.3) is 0 Å². The molecule has 0 saturated heterocycles. The first-order valence-electron chi connectivity index (χ1n) is 6.74. The first kappa shape index (κ1) is 14.9. The van der Waals surface area contributed by atoms with Crippen LogP contribution < -0.4 is 10.1 Å². The third kappa shape index (κ3) is 3.99. The molecule has 0 aliphatic rings. The van der Waals surface area contributed by atoms with Gasteiger partial charge in [-0.05, 0) is 56.1 Å². The summed E-state index contributed by atoms with van der Waals surface area (Å²) < 4.78 is 5.78. The summed E-state index contributed by atoms with van der Waals surface area (Å²) in [6.07, 6.45) is 3.83. The lowest BCUT2D eigenvalue weighted by molar-refractivity contribution is 0.478. The van der Waals surface area contributed by atoms with E-state index in [-0.39, 0.29) is 6.04 Å². The number of hydrogen-bond acceptors (Lipinski definition) is 4. The highest BCUT2D eigenvalue weighted by molar-refractivity contribution is 7.98. The van der Waals surface area contributed by atoms with Gasteiger partial charge in [-0.15, -0.1) is 11.8 Å². The predicted octanol–water partition coefficient (Wildman–Crippen LogP) is 4.27. The van der Waals surface area contributed by atoms with E-state index < -0.39 is 0 Å². The summed E-state index contributed by atoms with van der Waals surface area (Å²) in [4.78, 5) is 5.66. The van der Waals surface area contributed by atoms with Crippen molar-refractivity contribution in [1.29, 1.82) is 0 Å². The molecule has 4 heteroatoms. The molecule has 1 aromatic heterocycles. The van der Waals surface area contributed by atoms with Crippen LogP contribution in [0.2, 0.25) is 0 Å². The van der Waals surface area contributed by atoms with Crippen molar-refractivity contribution in [3.05, 3.63) is 48.3 Å². The molecule has 3 nitrogen and oxygen atoms in total. The summed E-state index contributed by atoms with van der Waals surface area (Å²) in [7, 11) is 0. The number of rotatable bonds is 6. The van der Waals surface area contributed by atoms with Crippen LogP contribution in [-0.2, 0) is 0 Å². The fourth-order valence-electron chi connectivity index (χ4n) is 1.90. The number of hydrogen-bond donors (Lipinski definition) is 1. The Balaban J connectivity index is 2.02. The Labute approximate surface area is 124 Å². The summed E-state index contributed by atoms with van der Waals surface area (Å²) in [6, 6.07) is 12.3. The van der Waals surface area contributed by atoms with Gasteiger partial charge >= 0.3 is 0 Å². The quantitative estimate of drug-likeness (QED) is 0.805. The molecule has 0 bridgehead atoms. The minimum absolute atomic E-state index is 0.259. The molecule has 1 N–H and O–H groups in total. The van der Waals surface area contributed by atoms with Crippen LogP contribution in [0, 0.1) is 0 Å². The van der Waals surface area contributed by atoms with Crippen LogP contribution >= 0.6 is 11.8 Å². The summed E-state index contributed by atoms with van der Waals surface area (Å²) >= 11 is 1.72. The maximum atomic E-state index is 5.78. The molecule has 1 heterocycles. The van der Waals surface area contributed by atoms with Gasteiger partial charge < -0.3 is 10.1 Å². The van der Waals surface area contributed by atoms with Gasteiger partial charge in [-0.25, -0.2) is 0 Å². The van der Waals surface area contributed by atoms with Gasteiger partial charge in [0, 0.05) is 10.9 Å². The van der Waals surface area contributed by atoms with Gasteiger partial charge in [0.2, 0.25) is 0 Å². The molecule has 20 heavy (non-hydrogen) atoms. The maximum Gasteiger partial charge on any atom is 0.145 e. The average Bonchev–Trinajstić information content (AvgIpc) is 2.49. The summed E-state index contributed by atoms with van der Waals surface area (Å²) in [5, 5.41) is 3.34. The van der Waals surface area contributed by atoms with Crippen LogP contribution in [0.3, 0.4) is 0 Å². The Kier molecular flexibility index (Phi) is 5.44. The predicted molar refractivity (Wildman–Crippen MR) is 84.6 cm³/mol. The molecule has 0 fully saturated rings. The van der Waals surface area contributed by atoms with Crippen molar-refractivity contribution in [1.82, 2.24) is 10.3 Å². The molecule has 0 aliphatic heterocycles. The van der Waals surface area contributed by atoms with Gasteiger partial charge in [0.1, 0.15) is 11.5 Å². The zero-order valence-corrected chi connectivity index (χ0v) is 12.9. The molecular formula is C16H20N2OS. The molecule has 2 aromatic rings. The highest BCUT2D eigenvalue weighted by atomic mass is 32.2. The molecule has 1 unspecified atom stereocenters. The number of benzene rings is 1. The van der Waals surface area contributed by atoms with E-state index in [4.69, 9.17) is 4.74 Å². The number of aromatic nitrogens is 1. The minimum atomic E-state index is 0.259. The van der Waals surface area contributed by atoms with Crippen LogP contribution in [0.15, 0.2) is 47.5 Å². The molecule has 0 spiro atoms. The van der Waals surface area contributed by atoms with E-state index in [2.05, 4.69) is 42.5 Å². The first-order valence-corrected chi connectivity index (χ1v) is 7.96. The number of pyridine rings is 1. The smallest absolute Gasteiger partial charge is 0.145 e. The highest BCUT2D eigenvalue weighted by Crippen LogP contribution is 2.24. The highest BCUT2D eigenvalue weighted by Gasteiger charge is 2.05. The van der Waals surface area contributed by atoms with Gasteiger partial charge in [0.25, 0.3) is 0 Å². The lowest BCUT2D eigenvalue weighted by atomic mass is 10.2. The Hall–Kier alpha value is -1.52. The molecular weight excluding hydrogens is 268 g/mol. The summed E-state index contributed by atoms with van der Waals surface area (Å²) in [5.74, 6) is 1.59. The Morgan fingerprint density at radius 3 is 2.40 bits per heavy atom. The fraction of sp³-hybridized carbons (Fsp3) is 0.312. The van der Waals surface area contributed by atoms with Crippen molar-refractivity contribution in [2.24, 2.45) is 0 Å². The number of ether oxygens (including phenoxy) is 1. The van der Waals surface area contributed by atoms with E-state index in [1.54, 1.807) is 18.0 Å². The standard InChI is InChI=1S/C16H20N2OS/c1-4-17-12(2)16-10-7-14(11-18-16)19-13-5-8-15(20-3)9-6-13/h5-12,17H,4H2,1-3H3. The second-order valence-electron chi connectivity index (χ2n) is 4.48. The molecule has 106 valence electrons. The normalized spacial score (nSPS) is 12.2. The van der Waals surface area contributed by atoms with Gasteiger partial charge in [0.15, 0.2) is 0 Å². The van der Waals surface area contributed by atoms with Gasteiger partial charge in [-0.3, -0.25) is 4.98 Å². The summed E-state index contributed by atoms with van der Waals surface area (Å²) in [6.45, 7) is 5.13. The van der Waals surface area contributed by atoms with Crippen molar-refractivity contribution in [2.45, 2.75) is 24.8 Å². The largest absolute Gasteiger partial charge is 0.456 e. The molecule has 2 rings (SSSR count). The Bertz CT molecular complexity index is 525. The van der Waals surface area contributed by atoms with Gasteiger partial charge in [-0.1, -0.05) is 6.92 Å². The monoisotopic (exact) mass is 288 g/mol. The number of nitrogens with zero attached hydrogens (tertiary/aromatic N) is 1. The van der Waals surface area contributed by atoms with Gasteiger partial charge in [-0.2, -0.15) is 0 Å². The van der Waals surface area contributed by atoms with Crippen molar-refractivity contribution in [3.63, 3.8) is 0 Å². The average molecular weight is 288 g/mol. The van der Waals surface area contributed by atoms with Crippen LogP contribution in [-0.4, -0.2) is 17.8 Å². The number of thioether (sulfide) groups is 1. The van der Waals surface area contributed by atoms with Crippen LogP contribution in [0.1, 0.15) is 25.6 Å². The second kappa shape index (κ2) is 7.31. The molecule has 1 aromatic carbocycles. The van der Waals surface area contributed by atoms with Crippen LogP contribution in [0.5, 0.6) is 11.5 Å². The summed E-state index contributed by atoms with van der Waals surface area (Å²) in [5.41, 5.74) is 1.02. The molecule has 0 amide bonds. The maximum absolute atomic E-state index is 5.78. The molecule has 0 radical (unpaired) electrons. The Morgan fingerprint density at radius 2 is 1.85 bits per heavy atom. The van der Waals surface area contributed by atoms with Crippen molar-refractivity contribution in [3.8, 4) is 11.5 Å². The molecule has 1 atom stereocenters. The SMILES string of the molecule is CCNC(C)c1ccc(Oc2ccc(SC)cc2)cn1. The third-order valence-electron chi connectivity index (χ3n) is 3.01. The number of nitrogens with one attached hydrogen (secondary N) is 1. The molecule has 0 aliphatic carbocycles. The molecule has 0 saturated carbocycles. The van der Waals surface area contributed by atoms with E-state index >= 15 is 0 Å². The lowest BCUT2D eigenvalue weighted by Gasteiger charge is -2.12. The van der Waals surface area contributed by atoms with Gasteiger partial charge in [0.05, 0.1) is 11.9 Å². The first-order chi connectivity index (χ1) is 9.72. The van der Waals surface area contributed by atoms with Crippen molar-refractivity contribution < 1.29 is 4.74 Å². The Morgan fingerprint density at radius 1 is 1.15 bits per heavy atom. The van der Waals surface area contributed by atoms with Crippen molar-refractivity contribution >= 4 is 11.8 Å². The lowest BCUT2D eigenvalue weighted by Crippen LogP contribution is -2.18. The zero-order chi connectivity index (χ0) is 14.4. The third-order valence-corrected chi connectivity index (χ3v) is 3.75. The van der Waals surface area contributed by atoms with E-state index in [9.17, 15) is 0 Å². The topological polar surface area (TPSA) is 34.1 Å². The zero-order valence-electron chi connectivity index (χ0n) is 12.1.